The van der Waals surface area contributed by atoms with Crippen molar-refractivity contribution in [1.29, 1.82) is 5.26 Å². The number of amides is 1. The number of hydrazine groups is 1. The first-order chi connectivity index (χ1) is 9.66. The van der Waals surface area contributed by atoms with Crippen LogP contribution >= 0.6 is 0 Å². The average Bonchev–Trinajstić information content (AvgIpc) is 2.62. The van der Waals surface area contributed by atoms with Crippen LogP contribution in [0.25, 0.3) is 0 Å². The summed E-state index contributed by atoms with van der Waals surface area (Å²) in [7, 11) is 0. The number of hydrogen-bond donors (Lipinski definition) is 1. The Morgan fingerprint density at radius 1 is 1.38 bits per heavy atom. The molecule has 21 heavy (non-hydrogen) atoms. The van der Waals surface area contributed by atoms with E-state index in [-0.39, 0.29) is 17.7 Å². The van der Waals surface area contributed by atoms with Gasteiger partial charge in [0.1, 0.15) is 0 Å². The highest BCUT2D eigenvalue weighted by atomic mass is 19.4. The molecule has 7 heteroatoms. The number of rotatable bonds is 2. The molecule has 1 atom stereocenters. The Morgan fingerprint density at radius 2 is 2.00 bits per heavy atom. The van der Waals surface area contributed by atoms with Gasteiger partial charge < -0.3 is 0 Å². The Kier molecular flexibility index (Phi) is 3.68. The minimum absolute atomic E-state index is 0.0567. The molecule has 1 fully saturated rings. The highest BCUT2D eigenvalue weighted by molar-refractivity contribution is 5.83. The SMILES string of the molecule is CC1(C)CN([C@@H](c2ccccc2C#N)C(F)(F)F)NC1=O. The summed E-state index contributed by atoms with van der Waals surface area (Å²) in [5.74, 6) is -0.466. The number of alkyl halides is 3. The zero-order valence-electron chi connectivity index (χ0n) is 11.5. The van der Waals surface area contributed by atoms with Gasteiger partial charge in [0, 0.05) is 6.54 Å². The van der Waals surface area contributed by atoms with Crippen molar-refractivity contribution in [3.05, 3.63) is 35.4 Å². The zero-order chi connectivity index (χ0) is 15.8. The summed E-state index contributed by atoms with van der Waals surface area (Å²) in [6, 6.07) is 5.25. The molecule has 1 heterocycles. The van der Waals surface area contributed by atoms with E-state index < -0.39 is 23.5 Å². The fourth-order valence-electron chi connectivity index (χ4n) is 2.33. The van der Waals surface area contributed by atoms with Crippen LogP contribution in [0.3, 0.4) is 0 Å². The van der Waals surface area contributed by atoms with Gasteiger partial charge in [-0.1, -0.05) is 18.2 Å². The largest absolute Gasteiger partial charge is 0.409 e. The summed E-state index contributed by atoms with van der Waals surface area (Å²) in [5.41, 5.74) is 1.14. The van der Waals surface area contributed by atoms with Gasteiger partial charge in [-0.15, -0.1) is 0 Å². The van der Waals surface area contributed by atoms with Crippen LogP contribution in [-0.2, 0) is 4.79 Å². The molecule has 0 bridgehead atoms. The molecule has 0 radical (unpaired) electrons. The van der Waals surface area contributed by atoms with E-state index in [9.17, 15) is 18.0 Å². The lowest BCUT2D eigenvalue weighted by Crippen LogP contribution is -2.44. The Labute approximate surface area is 120 Å². The number of carbonyl (C=O) groups is 1. The van der Waals surface area contributed by atoms with Crippen LogP contribution < -0.4 is 5.43 Å². The van der Waals surface area contributed by atoms with Crippen molar-refractivity contribution in [3.8, 4) is 6.07 Å². The Hall–Kier alpha value is -2.07. The van der Waals surface area contributed by atoms with Crippen LogP contribution in [0.1, 0.15) is 31.0 Å². The lowest BCUT2D eigenvalue weighted by Gasteiger charge is -2.30. The first kappa shape index (κ1) is 15.3. The normalized spacial score (nSPS) is 19.9. The topological polar surface area (TPSA) is 56.1 Å². The number of nitrogens with one attached hydrogen (secondary N) is 1. The standard InChI is InChI=1S/C14H14F3N3O/c1-13(2)8-20(19-12(13)21)11(14(15,16)17)10-6-4-3-5-9(10)7-18/h3-6,11H,8H2,1-2H3,(H,19,21)/t11-/m0/s1. The van der Waals surface area contributed by atoms with Crippen LogP contribution in [-0.4, -0.2) is 23.6 Å². The summed E-state index contributed by atoms with van der Waals surface area (Å²) < 4.78 is 40.4. The molecule has 4 nitrogen and oxygen atoms in total. The van der Waals surface area contributed by atoms with Gasteiger partial charge in [0.2, 0.25) is 5.91 Å². The van der Waals surface area contributed by atoms with E-state index in [1.165, 1.54) is 24.3 Å². The zero-order valence-corrected chi connectivity index (χ0v) is 11.5. The molecule has 0 aliphatic carbocycles. The predicted molar refractivity (Wildman–Crippen MR) is 68.6 cm³/mol. The van der Waals surface area contributed by atoms with Crippen molar-refractivity contribution in [3.63, 3.8) is 0 Å². The molecular weight excluding hydrogens is 283 g/mol. The molecule has 1 aromatic carbocycles. The third kappa shape index (κ3) is 2.85. The van der Waals surface area contributed by atoms with Gasteiger partial charge in [-0.25, -0.2) is 5.01 Å². The van der Waals surface area contributed by atoms with E-state index in [0.717, 1.165) is 5.01 Å². The number of carbonyl (C=O) groups excluding carboxylic acids is 1. The van der Waals surface area contributed by atoms with E-state index in [4.69, 9.17) is 5.26 Å². The molecule has 0 unspecified atom stereocenters. The molecule has 1 N–H and O–H groups in total. The second kappa shape index (κ2) is 5.04. The number of halogens is 3. The smallest absolute Gasteiger partial charge is 0.287 e. The molecule has 1 aliphatic heterocycles. The maximum absolute atomic E-state index is 13.5. The molecule has 0 spiro atoms. The molecule has 1 saturated heterocycles. The minimum atomic E-state index is -4.61. The van der Waals surface area contributed by atoms with Crippen LogP contribution in [0.4, 0.5) is 13.2 Å². The number of nitrogens with zero attached hydrogens (tertiary/aromatic N) is 2. The van der Waals surface area contributed by atoms with Crippen LogP contribution in [0.2, 0.25) is 0 Å². The molecule has 1 aromatic rings. The van der Waals surface area contributed by atoms with Crippen molar-refractivity contribution in [2.45, 2.75) is 26.1 Å². The average molecular weight is 297 g/mol. The van der Waals surface area contributed by atoms with E-state index in [0.29, 0.717) is 0 Å². The summed E-state index contributed by atoms with van der Waals surface area (Å²) >= 11 is 0. The maximum atomic E-state index is 13.5. The van der Waals surface area contributed by atoms with Crippen molar-refractivity contribution in [1.82, 2.24) is 10.4 Å². The second-order valence-corrected chi connectivity index (χ2v) is 5.60. The maximum Gasteiger partial charge on any atom is 0.409 e. The summed E-state index contributed by atoms with van der Waals surface area (Å²) in [6.07, 6.45) is -4.61. The third-order valence-electron chi connectivity index (χ3n) is 3.42. The van der Waals surface area contributed by atoms with Crippen molar-refractivity contribution in [2.75, 3.05) is 6.54 Å². The van der Waals surface area contributed by atoms with Crippen LogP contribution in [0.15, 0.2) is 24.3 Å². The van der Waals surface area contributed by atoms with Crippen molar-refractivity contribution in [2.24, 2.45) is 5.41 Å². The minimum Gasteiger partial charge on any atom is -0.287 e. The monoisotopic (exact) mass is 297 g/mol. The van der Waals surface area contributed by atoms with Gasteiger partial charge in [0.25, 0.3) is 0 Å². The predicted octanol–water partition coefficient (Wildman–Crippen LogP) is 2.53. The molecular formula is C14H14F3N3O. The Morgan fingerprint density at radius 3 is 2.48 bits per heavy atom. The highest BCUT2D eigenvalue weighted by Crippen LogP contribution is 2.41. The Balaban J connectivity index is 2.47. The van der Waals surface area contributed by atoms with E-state index >= 15 is 0 Å². The quantitative estimate of drug-likeness (QED) is 0.912. The third-order valence-corrected chi connectivity index (χ3v) is 3.42. The summed E-state index contributed by atoms with van der Waals surface area (Å²) in [5, 5.41) is 9.87. The first-order valence-electron chi connectivity index (χ1n) is 6.30. The first-order valence-corrected chi connectivity index (χ1v) is 6.30. The summed E-state index contributed by atoms with van der Waals surface area (Å²) in [4.78, 5) is 11.7. The van der Waals surface area contributed by atoms with Gasteiger partial charge in [-0.2, -0.15) is 18.4 Å². The van der Waals surface area contributed by atoms with E-state index in [1.807, 2.05) is 0 Å². The lowest BCUT2D eigenvalue weighted by molar-refractivity contribution is -0.191. The molecule has 0 aromatic heterocycles. The van der Waals surface area contributed by atoms with Crippen molar-refractivity contribution >= 4 is 5.91 Å². The Bertz CT molecular complexity index is 604. The second-order valence-electron chi connectivity index (χ2n) is 5.60. The van der Waals surface area contributed by atoms with Gasteiger partial charge in [-0.3, -0.25) is 10.2 Å². The van der Waals surface area contributed by atoms with Crippen LogP contribution in [0.5, 0.6) is 0 Å². The van der Waals surface area contributed by atoms with E-state index in [2.05, 4.69) is 5.43 Å². The molecule has 2 rings (SSSR count). The molecule has 1 aliphatic rings. The van der Waals surface area contributed by atoms with Gasteiger partial charge in [0.15, 0.2) is 6.04 Å². The molecule has 0 saturated carbocycles. The number of nitriles is 1. The molecule has 112 valence electrons. The molecule has 1 amide bonds. The van der Waals surface area contributed by atoms with Gasteiger partial charge in [0.05, 0.1) is 17.0 Å². The van der Waals surface area contributed by atoms with Gasteiger partial charge >= 0.3 is 6.18 Å². The highest BCUT2D eigenvalue weighted by Gasteiger charge is 2.51. The van der Waals surface area contributed by atoms with Gasteiger partial charge in [-0.05, 0) is 25.5 Å². The number of hydrogen-bond acceptors (Lipinski definition) is 3. The van der Waals surface area contributed by atoms with E-state index in [1.54, 1.807) is 19.9 Å². The fourth-order valence-corrected chi connectivity index (χ4v) is 2.33. The number of benzene rings is 1. The fraction of sp³-hybridized carbons (Fsp3) is 0.429. The lowest BCUT2D eigenvalue weighted by atomic mass is 9.93. The van der Waals surface area contributed by atoms with Crippen molar-refractivity contribution < 1.29 is 18.0 Å². The summed E-state index contributed by atoms with van der Waals surface area (Å²) in [6.45, 7) is 3.06. The van der Waals surface area contributed by atoms with Crippen LogP contribution in [0, 0.1) is 16.7 Å².